The molecule has 114 valence electrons. The van der Waals surface area contributed by atoms with E-state index in [1.807, 2.05) is 20.8 Å². The van der Waals surface area contributed by atoms with Gasteiger partial charge in [-0.15, -0.1) is 0 Å². The van der Waals surface area contributed by atoms with Crippen LogP contribution in [0.25, 0.3) is 0 Å². The number of nitrogens with one attached hydrogen (secondary N) is 1. The summed E-state index contributed by atoms with van der Waals surface area (Å²) in [7, 11) is 0. The molecular weight excluding hydrogens is 274 g/mol. The van der Waals surface area contributed by atoms with Gasteiger partial charge in [-0.05, 0) is 20.3 Å². The molecule has 3 N–H and O–H groups in total. The third kappa shape index (κ3) is 3.04. The van der Waals surface area contributed by atoms with Gasteiger partial charge in [-0.1, -0.05) is 6.92 Å². The van der Waals surface area contributed by atoms with Crippen molar-refractivity contribution in [1.29, 1.82) is 0 Å². The van der Waals surface area contributed by atoms with Crippen LogP contribution in [-0.4, -0.2) is 40.5 Å². The molecule has 0 bridgehead atoms. The second kappa shape index (κ2) is 5.94. The molecule has 2 rings (SSSR count). The molecule has 8 nitrogen and oxygen atoms in total. The van der Waals surface area contributed by atoms with Gasteiger partial charge >= 0.3 is 0 Å². The number of aromatic nitrogens is 2. The fourth-order valence-corrected chi connectivity index (χ4v) is 2.21. The van der Waals surface area contributed by atoms with Gasteiger partial charge in [0.05, 0.1) is 12.6 Å². The molecule has 0 spiro atoms. The largest absolute Gasteiger partial charge is 0.473 e. The minimum absolute atomic E-state index is 0.0204. The monoisotopic (exact) mass is 293 g/mol. The number of anilines is 2. The van der Waals surface area contributed by atoms with E-state index in [0.717, 1.165) is 0 Å². The van der Waals surface area contributed by atoms with Gasteiger partial charge in [0.2, 0.25) is 17.7 Å². The molecule has 1 aromatic heterocycles. The van der Waals surface area contributed by atoms with E-state index in [1.165, 1.54) is 6.33 Å². The maximum atomic E-state index is 11.9. The van der Waals surface area contributed by atoms with Gasteiger partial charge in [0, 0.05) is 0 Å². The molecule has 21 heavy (non-hydrogen) atoms. The highest BCUT2D eigenvalue weighted by molar-refractivity contribution is 6.05. The molecule has 1 aliphatic rings. The zero-order chi connectivity index (χ0) is 15.6. The number of nitrogen functional groups attached to an aromatic ring is 1. The highest BCUT2D eigenvalue weighted by Gasteiger charge is 2.34. The van der Waals surface area contributed by atoms with E-state index < -0.39 is 6.04 Å². The Labute approximate surface area is 122 Å². The number of carbonyl (C=O) groups excluding carboxylic acids is 2. The molecule has 1 atom stereocenters. The Balaban J connectivity index is 2.39. The molecule has 2 amide bonds. The summed E-state index contributed by atoms with van der Waals surface area (Å²) in [6.45, 7) is 5.59. The lowest BCUT2D eigenvalue weighted by atomic mass is 10.1. The number of nitrogens with zero attached hydrogens (tertiary/aromatic N) is 3. The summed E-state index contributed by atoms with van der Waals surface area (Å²) in [6, 6.07) is -0.494. The van der Waals surface area contributed by atoms with Crippen LogP contribution >= 0.6 is 0 Å². The zero-order valence-electron chi connectivity index (χ0n) is 12.3. The van der Waals surface area contributed by atoms with E-state index >= 15 is 0 Å². The summed E-state index contributed by atoms with van der Waals surface area (Å²) < 4.78 is 5.51. The molecular formula is C13H19N5O3. The Bertz CT molecular complexity index is 561. The van der Waals surface area contributed by atoms with Gasteiger partial charge in [-0.25, -0.2) is 4.98 Å². The van der Waals surface area contributed by atoms with Crippen molar-refractivity contribution in [1.82, 2.24) is 15.3 Å². The smallest absolute Gasteiger partial charge is 0.249 e. The van der Waals surface area contributed by atoms with E-state index in [2.05, 4.69) is 15.3 Å². The minimum atomic E-state index is -0.494. The van der Waals surface area contributed by atoms with Gasteiger partial charge in [0.1, 0.15) is 18.1 Å². The third-order valence-corrected chi connectivity index (χ3v) is 3.09. The number of amides is 2. The molecule has 1 unspecified atom stereocenters. The van der Waals surface area contributed by atoms with Crippen molar-refractivity contribution >= 4 is 23.3 Å². The number of hydrogen-bond acceptors (Lipinski definition) is 7. The molecule has 0 saturated carbocycles. The standard InChI is InChI=1S/C13H19N5O3/c1-4-8-12(20)17-9(19)5-18(8)11-10(14)13(16-6-15-11)21-7(2)3/h6-8H,4-5,14H2,1-3H3,(H,17,19,20). The first-order valence-corrected chi connectivity index (χ1v) is 6.81. The summed E-state index contributed by atoms with van der Waals surface area (Å²) in [5.74, 6) is -0.133. The normalized spacial score (nSPS) is 18.9. The Hall–Kier alpha value is -2.38. The Morgan fingerprint density at radius 2 is 2.19 bits per heavy atom. The van der Waals surface area contributed by atoms with Gasteiger partial charge in [-0.3, -0.25) is 14.9 Å². The summed E-state index contributed by atoms with van der Waals surface area (Å²) in [6.07, 6.45) is 1.75. The van der Waals surface area contributed by atoms with E-state index in [4.69, 9.17) is 10.5 Å². The van der Waals surface area contributed by atoms with Crippen LogP contribution in [0, 0.1) is 0 Å². The van der Waals surface area contributed by atoms with Crippen LogP contribution in [0.3, 0.4) is 0 Å². The summed E-state index contributed by atoms with van der Waals surface area (Å²) in [5.41, 5.74) is 6.26. The minimum Gasteiger partial charge on any atom is -0.473 e. The van der Waals surface area contributed by atoms with Crippen molar-refractivity contribution < 1.29 is 14.3 Å². The van der Waals surface area contributed by atoms with Crippen LogP contribution < -0.4 is 20.7 Å². The lowest BCUT2D eigenvalue weighted by Gasteiger charge is -2.34. The fourth-order valence-electron chi connectivity index (χ4n) is 2.21. The SMILES string of the molecule is CCC1C(=O)NC(=O)CN1c1ncnc(OC(C)C)c1N. The van der Waals surface area contributed by atoms with E-state index in [9.17, 15) is 9.59 Å². The highest BCUT2D eigenvalue weighted by atomic mass is 16.5. The molecule has 2 heterocycles. The van der Waals surface area contributed by atoms with E-state index in [-0.39, 0.29) is 36.0 Å². The Morgan fingerprint density at radius 3 is 2.81 bits per heavy atom. The average molecular weight is 293 g/mol. The first kappa shape index (κ1) is 15.0. The lowest BCUT2D eigenvalue weighted by molar-refractivity contribution is -0.132. The van der Waals surface area contributed by atoms with Crippen LogP contribution in [-0.2, 0) is 9.59 Å². The second-order valence-electron chi connectivity index (χ2n) is 5.05. The number of rotatable bonds is 4. The van der Waals surface area contributed by atoms with Gasteiger partial charge in [0.15, 0.2) is 5.82 Å². The number of imide groups is 1. The second-order valence-corrected chi connectivity index (χ2v) is 5.05. The van der Waals surface area contributed by atoms with Crippen molar-refractivity contribution in [2.45, 2.75) is 39.3 Å². The molecule has 1 fully saturated rings. The molecule has 1 aromatic rings. The molecule has 0 aliphatic carbocycles. The number of ether oxygens (including phenoxy) is 1. The first-order valence-electron chi connectivity index (χ1n) is 6.81. The Kier molecular flexibility index (Phi) is 4.25. The van der Waals surface area contributed by atoms with Crippen molar-refractivity contribution in [2.24, 2.45) is 0 Å². The topological polar surface area (TPSA) is 110 Å². The maximum Gasteiger partial charge on any atom is 0.249 e. The highest BCUT2D eigenvalue weighted by Crippen LogP contribution is 2.30. The third-order valence-electron chi connectivity index (χ3n) is 3.09. The summed E-state index contributed by atoms with van der Waals surface area (Å²) >= 11 is 0. The molecule has 8 heteroatoms. The first-order chi connectivity index (χ1) is 9.93. The number of nitrogens with two attached hydrogens (primary N) is 1. The van der Waals surface area contributed by atoms with E-state index in [0.29, 0.717) is 12.2 Å². The summed E-state index contributed by atoms with van der Waals surface area (Å²) in [4.78, 5) is 33.2. The van der Waals surface area contributed by atoms with Crippen LogP contribution in [0.15, 0.2) is 6.33 Å². The number of piperazine rings is 1. The van der Waals surface area contributed by atoms with Crippen molar-refractivity contribution in [3.8, 4) is 5.88 Å². The predicted octanol–water partition coefficient (Wildman–Crippen LogP) is 0.0874. The van der Waals surface area contributed by atoms with Crippen molar-refractivity contribution in [3.05, 3.63) is 6.33 Å². The number of hydrogen-bond donors (Lipinski definition) is 2. The van der Waals surface area contributed by atoms with E-state index in [1.54, 1.807) is 4.90 Å². The van der Waals surface area contributed by atoms with Crippen LogP contribution in [0.4, 0.5) is 11.5 Å². The molecule has 0 radical (unpaired) electrons. The maximum absolute atomic E-state index is 11.9. The van der Waals surface area contributed by atoms with Gasteiger partial charge < -0.3 is 15.4 Å². The quantitative estimate of drug-likeness (QED) is 0.757. The fraction of sp³-hybridized carbons (Fsp3) is 0.538. The van der Waals surface area contributed by atoms with Crippen LogP contribution in [0.5, 0.6) is 5.88 Å². The lowest BCUT2D eigenvalue weighted by Crippen LogP contribution is -2.58. The zero-order valence-corrected chi connectivity index (χ0v) is 12.3. The molecule has 0 aromatic carbocycles. The van der Waals surface area contributed by atoms with Crippen LogP contribution in [0.2, 0.25) is 0 Å². The number of carbonyl (C=O) groups is 2. The van der Waals surface area contributed by atoms with Gasteiger partial charge in [0.25, 0.3) is 0 Å². The van der Waals surface area contributed by atoms with Crippen molar-refractivity contribution in [3.63, 3.8) is 0 Å². The van der Waals surface area contributed by atoms with Gasteiger partial charge in [-0.2, -0.15) is 4.98 Å². The van der Waals surface area contributed by atoms with Crippen LogP contribution in [0.1, 0.15) is 27.2 Å². The average Bonchev–Trinajstić information content (AvgIpc) is 2.40. The molecule has 1 aliphatic heterocycles. The Morgan fingerprint density at radius 1 is 1.48 bits per heavy atom. The predicted molar refractivity (Wildman–Crippen MR) is 76.8 cm³/mol. The van der Waals surface area contributed by atoms with Crippen molar-refractivity contribution in [2.75, 3.05) is 17.2 Å². The molecule has 1 saturated heterocycles. The summed E-state index contributed by atoms with van der Waals surface area (Å²) in [5, 5.41) is 2.31.